The van der Waals surface area contributed by atoms with Crippen LogP contribution in [0.3, 0.4) is 0 Å². The van der Waals surface area contributed by atoms with E-state index in [1.807, 2.05) is 30.3 Å². The molecule has 1 aliphatic heterocycles. The highest BCUT2D eigenvalue weighted by Gasteiger charge is 2.23. The number of aromatic nitrogens is 3. The third-order valence-electron chi connectivity index (χ3n) is 3.69. The molecule has 5 nitrogen and oxygen atoms in total. The Morgan fingerprint density at radius 2 is 2.14 bits per heavy atom. The van der Waals surface area contributed by atoms with Gasteiger partial charge in [0.1, 0.15) is 5.69 Å². The van der Waals surface area contributed by atoms with Crippen molar-refractivity contribution in [2.75, 3.05) is 6.54 Å². The summed E-state index contributed by atoms with van der Waals surface area (Å²) in [6, 6.07) is 10.2. The van der Waals surface area contributed by atoms with E-state index in [1.54, 1.807) is 0 Å². The first-order chi connectivity index (χ1) is 10.3. The smallest absolute Gasteiger partial charge is 0.244 e. The number of nitrogens with zero attached hydrogens (tertiary/aromatic N) is 3. The minimum Gasteiger partial charge on any atom is -0.337 e. The van der Waals surface area contributed by atoms with Gasteiger partial charge in [-0.05, 0) is 47.4 Å². The first-order valence-electron chi connectivity index (χ1n) is 6.94. The molecule has 1 unspecified atom stereocenters. The van der Waals surface area contributed by atoms with Crippen molar-refractivity contribution in [3.8, 4) is 11.5 Å². The van der Waals surface area contributed by atoms with Gasteiger partial charge in [-0.2, -0.15) is 4.98 Å². The van der Waals surface area contributed by atoms with Gasteiger partial charge in [-0.3, -0.25) is 0 Å². The second-order valence-electron chi connectivity index (χ2n) is 5.12. The lowest BCUT2D eigenvalue weighted by Crippen LogP contribution is -2.13. The van der Waals surface area contributed by atoms with E-state index >= 15 is 0 Å². The van der Waals surface area contributed by atoms with Gasteiger partial charge < -0.3 is 9.84 Å². The number of fused-ring (bicyclic) bond motifs is 1. The van der Waals surface area contributed by atoms with Gasteiger partial charge >= 0.3 is 0 Å². The molecule has 0 spiro atoms. The molecule has 0 radical (unpaired) electrons. The van der Waals surface area contributed by atoms with E-state index < -0.39 is 0 Å². The summed E-state index contributed by atoms with van der Waals surface area (Å²) in [5.74, 6) is 1.17. The van der Waals surface area contributed by atoms with Crippen LogP contribution in [0, 0.1) is 0 Å². The minimum atomic E-state index is 0.172. The van der Waals surface area contributed by atoms with Crippen LogP contribution in [-0.2, 0) is 0 Å². The highest BCUT2D eigenvalue weighted by Crippen LogP contribution is 2.29. The molecule has 1 aromatic carbocycles. The first kappa shape index (κ1) is 12.9. The van der Waals surface area contributed by atoms with E-state index in [9.17, 15) is 0 Å². The fourth-order valence-corrected chi connectivity index (χ4v) is 3.13. The van der Waals surface area contributed by atoms with E-state index in [1.165, 1.54) is 0 Å². The number of benzene rings is 1. The zero-order chi connectivity index (χ0) is 14.2. The van der Waals surface area contributed by atoms with Crippen molar-refractivity contribution in [3.05, 3.63) is 40.7 Å². The van der Waals surface area contributed by atoms with Gasteiger partial charge in [-0.25, -0.2) is 4.98 Å². The van der Waals surface area contributed by atoms with Gasteiger partial charge in [-0.15, -0.1) is 0 Å². The number of pyridine rings is 1. The molecule has 2 aromatic heterocycles. The van der Waals surface area contributed by atoms with Crippen molar-refractivity contribution in [3.63, 3.8) is 0 Å². The average molecular weight is 345 g/mol. The molecule has 0 aliphatic carbocycles. The Morgan fingerprint density at radius 3 is 3.00 bits per heavy atom. The number of nitrogens with one attached hydrogen (secondary N) is 1. The molecule has 1 fully saturated rings. The summed E-state index contributed by atoms with van der Waals surface area (Å²) in [5, 5.41) is 8.51. The molecule has 4 rings (SSSR count). The summed E-state index contributed by atoms with van der Waals surface area (Å²) >= 11 is 3.55. The Hall–Kier alpha value is -1.79. The second-order valence-corrected chi connectivity index (χ2v) is 5.97. The molecular formula is C15H13BrN4O. The van der Waals surface area contributed by atoms with Crippen LogP contribution in [0.1, 0.15) is 24.8 Å². The third-order valence-corrected chi connectivity index (χ3v) is 4.29. The van der Waals surface area contributed by atoms with Crippen molar-refractivity contribution >= 4 is 26.8 Å². The maximum atomic E-state index is 5.39. The van der Waals surface area contributed by atoms with Crippen LogP contribution in [0.25, 0.3) is 22.4 Å². The minimum absolute atomic E-state index is 0.172. The summed E-state index contributed by atoms with van der Waals surface area (Å²) in [7, 11) is 0. The molecule has 0 bridgehead atoms. The van der Waals surface area contributed by atoms with Crippen molar-refractivity contribution in [2.45, 2.75) is 18.9 Å². The first-order valence-corrected chi connectivity index (χ1v) is 7.73. The highest BCUT2D eigenvalue weighted by atomic mass is 79.9. The predicted octanol–water partition coefficient (Wildman–Crippen LogP) is 3.47. The Morgan fingerprint density at radius 1 is 1.24 bits per heavy atom. The molecule has 106 valence electrons. The lowest BCUT2D eigenvalue weighted by molar-refractivity contribution is 0.345. The molecular weight excluding hydrogens is 332 g/mol. The number of halogens is 1. The summed E-state index contributed by atoms with van der Waals surface area (Å²) in [6.45, 7) is 1.00. The summed E-state index contributed by atoms with van der Waals surface area (Å²) < 4.78 is 6.25. The van der Waals surface area contributed by atoms with Crippen LogP contribution in [-0.4, -0.2) is 21.7 Å². The molecule has 1 atom stereocenters. The SMILES string of the molecule is Brc1cc2ccccc2nc1-c1noc(C2CCCN2)n1. The van der Waals surface area contributed by atoms with Crippen LogP contribution < -0.4 is 5.32 Å². The molecule has 3 heterocycles. The standard InChI is InChI=1S/C15H13BrN4O/c16-10-8-9-4-1-2-5-11(9)18-13(10)14-19-15(21-20-14)12-6-3-7-17-12/h1-2,4-5,8,12,17H,3,6-7H2. The monoisotopic (exact) mass is 344 g/mol. The Bertz CT molecular complexity index is 795. The van der Waals surface area contributed by atoms with E-state index in [2.05, 4.69) is 36.4 Å². The van der Waals surface area contributed by atoms with Crippen LogP contribution in [0.15, 0.2) is 39.3 Å². The van der Waals surface area contributed by atoms with Crippen molar-refractivity contribution in [1.29, 1.82) is 0 Å². The molecule has 3 aromatic rings. The predicted molar refractivity (Wildman–Crippen MR) is 82.7 cm³/mol. The van der Waals surface area contributed by atoms with Crippen LogP contribution in [0.4, 0.5) is 0 Å². The number of rotatable bonds is 2. The number of hydrogen-bond acceptors (Lipinski definition) is 5. The molecule has 1 N–H and O–H groups in total. The van der Waals surface area contributed by atoms with Gasteiger partial charge in [0, 0.05) is 9.86 Å². The highest BCUT2D eigenvalue weighted by molar-refractivity contribution is 9.10. The number of para-hydroxylation sites is 1. The van der Waals surface area contributed by atoms with Crippen molar-refractivity contribution < 1.29 is 4.52 Å². The number of hydrogen-bond donors (Lipinski definition) is 1. The summed E-state index contributed by atoms with van der Waals surface area (Å²) in [5.41, 5.74) is 1.63. The van der Waals surface area contributed by atoms with Gasteiger partial charge in [0.25, 0.3) is 0 Å². The third kappa shape index (κ3) is 2.34. The topological polar surface area (TPSA) is 63.8 Å². The quantitative estimate of drug-likeness (QED) is 0.771. The molecule has 6 heteroatoms. The normalized spacial score (nSPS) is 18.4. The van der Waals surface area contributed by atoms with Crippen LogP contribution in [0.2, 0.25) is 0 Å². The largest absolute Gasteiger partial charge is 0.337 e. The van der Waals surface area contributed by atoms with Gasteiger partial charge in [-0.1, -0.05) is 23.4 Å². The van der Waals surface area contributed by atoms with Crippen molar-refractivity contribution in [1.82, 2.24) is 20.4 Å². The van der Waals surface area contributed by atoms with Crippen LogP contribution >= 0.6 is 15.9 Å². The van der Waals surface area contributed by atoms with E-state index in [4.69, 9.17) is 4.52 Å². The van der Waals surface area contributed by atoms with E-state index in [0.717, 1.165) is 34.8 Å². The summed E-state index contributed by atoms with van der Waals surface area (Å²) in [4.78, 5) is 9.13. The zero-order valence-corrected chi connectivity index (χ0v) is 12.8. The fourth-order valence-electron chi connectivity index (χ4n) is 2.62. The lowest BCUT2D eigenvalue weighted by atomic mass is 10.2. The maximum absolute atomic E-state index is 5.39. The Kier molecular flexibility index (Phi) is 3.20. The van der Waals surface area contributed by atoms with E-state index in [-0.39, 0.29) is 6.04 Å². The van der Waals surface area contributed by atoms with Gasteiger partial charge in [0.2, 0.25) is 11.7 Å². The van der Waals surface area contributed by atoms with Gasteiger partial charge in [0.15, 0.2) is 0 Å². The molecule has 0 amide bonds. The van der Waals surface area contributed by atoms with Gasteiger partial charge in [0.05, 0.1) is 11.6 Å². The lowest BCUT2D eigenvalue weighted by Gasteiger charge is -2.03. The van der Waals surface area contributed by atoms with E-state index in [0.29, 0.717) is 17.4 Å². The molecule has 1 saturated heterocycles. The van der Waals surface area contributed by atoms with Crippen molar-refractivity contribution in [2.24, 2.45) is 0 Å². The molecule has 21 heavy (non-hydrogen) atoms. The Balaban J connectivity index is 1.77. The zero-order valence-electron chi connectivity index (χ0n) is 11.2. The summed E-state index contributed by atoms with van der Waals surface area (Å²) in [6.07, 6.45) is 2.17. The van der Waals surface area contributed by atoms with Crippen LogP contribution in [0.5, 0.6) is 0 Å². The Labute approximate surface area is 129 Å². The molecule has 1 aliphatic rings. The maximum Gasteiger partial charge on any atom is 0.244 e. The average Bonchev–Trinajstić information content (AvgIpc) is 3.17. The molecule has 0 saturated carbocycles. The fraction of sp³-hybridized carbons (Fsp3) is 0.267. The second kappa shape index (κ2) is 5.20.